The molecule has 0 spiro atoms. The van der Waals surface area contributed by atoms with E-state index in [0.29, 0.717) is 22.5 Å². The predicted molar refractivity (Wildman–Crippen MR) is 120 cm³/mol. The molecule has 0 unspecified atom stereocenters. The standard InChI is InChI=1S/C21H24N4OS2/c22-25-21(15-7-3-1-4-8-15)28-12-11-19(23-14-26)17-13-16-9-5-2-6-10-18(16)24-20(17)27/h1,3-4,7-8,11,13-14H,2,5-6,9-10,12,22H2,(H,23,26)(H,24,27)/b19-11-,25-21-. The Labute approximate surface area is 174 Å². The van der Waals surface area contributed by atoms with Crippen LogP contribution in [0, 0.1) is 4.64 Å². The van der Waals surface area contributed by atoms with Gasteiger partial charge in [-0.3, -0.25) is 4.79 Å². The van der Waals surface area contributed by atoms with E-state index < -0.39 is 0 Å². The summed E-state index contributed by atoms with van der Waals surface area (Å²) in [4.78, 5) is 14.6. The summed E-state index contributed by atoms with van der Waals surface area (Å²) in [5.41, 5.74) is 5.05. The average molecular weight is 413 g/mol. The summed E-state index contributed by atoms with van der Waals surface area (Å²) in [5, 5.41) is 7.44. The maximum Gasteiger partial charge on any atom is 0.211 e. The SMILES string of the molecule is N/N=C(\SC/C=C(\NC=O)c1cc2c([nH]c1=S)CCCCC2)c1ccccc1. The van der Waals surface area contributed by atoms with Gasteiger partial charge < -0.3 is 16.1 Å². The molecule has 0 bridgehead atoms. The number of thioether (sulfide) groups is 1. The zero-order valence-electron chi connectivity index (χ0n) is 15.6. The number of hydrogen-bond acceptors (Lipinski definition) is 5. The molecule has 3 rings (SSSR count). The van der Waals surface area contributed by atoms with E-state index in [1.54, 1.807) is 0 Å². The molecule has 2 aromatic rings. The number of aromatic nitrogens is 1. The third-order valence-corrected chi connectivity index (χ3v) is 6.01. The average Bonchev–Trinajstić information content (AvgIpc) is 2.95. The number of fused-ring (bicyclic) bond motifs is 1. The molecular weight excluding hydrogens is 388 g/mol. The Morgan fingerprint density at radius 1 is 1.25 bits per heavy atom. The first-order valence-corrected chi connectivity index (χ1v) is 10.7. The van der Waals surface area contributed by atoms with Crippen molar-refractivity contribution in [3.05, 3.63) is 69.5 Å². The van der Waals surface area contributed by atoms with Gasteiger partial charge in [0.05, 0.1) is 0 Å². The molecule has 0 saturated heterocycles. The molecule has 0 fully saturated rings. The quantitative estimate of drug-likeness (QED) is 0.127. The number of nitrogens with two attached hydrogens (primary N) is 1. The highest BCUT2D eigenvalue weighted by Crippen LogP contribution is 2.24. The summed E-state index contributed by atoms with van der Waals surface area (Å²) in [7, 11) is 0. The van der Waals surface area contributed by atoms with Crippen molar-refractivity contribution in [3.8, 4) is 0 Å². The van der Waals surface area contributed by atoms with Gasteiger partial charge >= 0.3 is 0 Å². The number of H-pyrrole nitrogens is 1. The molecule has 5 nitrogen and oxygen atoms in total. The number of hydrogen-bond donors (Lipinski definition) is 3. The molecule has 7 heteroatoms. The van der Waals surface area contributed by atoms with Crippen molar-refractivity contribution < 1.29 is 4.79 Å². The molecule has 1 aliphatic carbocycles. The van der Waals surface area contributed by atoms with Gasteiger partial charge in [-0.15, -0.1) is 0 Å². The molecule has 1 heterocycles. The predicted octanol–water partition coefficient (Wildman–Crippen LogP) is 4.15. The van der Waals surface area contributed by atoms with E-state index in [9.17, 15) is 4.79 Å². The summed E-state index contributed by atoms with van der Waals surface area (Å²) in [6.07, 6.45) is 8.31. The summed E-state index contributed by atoms with van der Waals surface area (Å²) >= 11 is 7.08. The molecule has 146 valence electrons. The van der Waals surface area contributed by atoms with Gasteiger partial charge in [-0.25, -0.2) is 0 Å². The van der Waals surface area contributed by atoms with Gasteiger partial charge in [0.15, 0.2) is 0 Å². The number of hydrazone groups is 1. The second-order valence-corrected chi connectivity index (χ2v) is 7.98. The minimum Gasteiger partial charge on any atom is -0.349 e. The number of carbonyl (C=O) groups excluding carboxylic acids is 1. The van der Waals surface area contributed by atoms with Crippen LogP contribution in [0.3, 0.4) is 0 Å². The van der Waals surface area contributed by atoms with Crippen LogP contribution in [0.5, 0.6) is 0 Å². The van der Waals surface area contributed by atoms with E-state index in [-0.39, 0.29) is 0 Å². The first-order chi connectivity index (χ1) is 13.7. The number of aryl methyl sites for hydroxylation is 2. The molecule has 28 heavy (non-hydrogen) atoms. The summed E-state index contributed by atoms with van der Waals surface area (Å²) < 4.78 is 0.655. The maximum absolute atomic E-state index is 11.2. The number of benzene rings is 1. The fraction of sp³-hybridized carbons (Fsp3) is 0.286. The van der Waals surface area contributed by atoms with Crippen LogP contribution < -0.4 is 11.2 Å². The highest BCUT2D eigenvalue weighted by Gasteiger charge is 2.13. The topological polar surface area (TPSA) is 83.3 Å². The number of pyridine rings is 1. The zero-order chi connectivity index (χ0) is 19.8. The summed E-state index contributed by atoms with van der Waals surface area (Å²) in [6, 6.07) is 11.9. The second-order valence-electron chi connectivity index (χ2n) is 6.57. The molecule has 1 aromatic carbocycles. The van der Waals surface area contributed by atoms with Gasteiger partial charge in [0.25, 0.3) is 0 Å². The van der Waals surface area contributed by atoms with Crippen LogP contribution in [0.4, 0.5) is 0 Å². The zero-order valence-corrected chi connectivity index (χ0v) is 17.2. The Morgan fingerprint density at radius 2 is 2.04 bits per heavy atom. The Kier molecular flexibility index (Phi) is 7.45. The normalized spacial score (nSPS) is 14.9. The highest BCUT2D eigenvalue weighted by atomic mass is 32.2. The van der Waals surface area contributed by atoms with Gasteiger partial charge in [0.2, 0.25) is 6.41 Å². The lowest BCUT2D eigenvalue weighted by Crippen LogP contribution is -2.12. The fourth-order valence-electron chi connectivity index (χ4n) is 3.34. The van der Waals surface area contributed by atoms with Crippen molar-refractivity contribution in [2.45, 2.75) is 32.1 Å². The van der Waals surface area contributed by atoms with Crippen molar-refractivity contribution in [1.82, 2.24) is 10.3 Å². The van der Waals surface area contributed by atoms with E-state index in [0.717, 1.165) is 29.0 Å². The number of nitrogens with one attached hydrogen (secondary N) is 2. The minimum absolute atomic E-state index is 0.604. The van der Waals surface area contributed by atoms with Gasteiger partial charge in [0, 0.05) is 28.3 Å². The first kappa shape index (κ1) is 20.4. The van der Waals surface area contributed by atoms with E-state index in [2.05, 4.69) is 21.5 Å². The van der Waals surface area contributed by atoms with Crippen LogP contribution in [0.2, 0.25) is 0 Å². The van der Waals surface area contributed by atoms with E-state index >= 15 is 0 Å². The monoisotopic (exact) mass is 412 g/mol. The van der Waals surface area contributed by atoms with Crippen LogP contribution in [-0.2, 0) is 17.6 Å². The third-order valence-electron chi connectivity index (χ3n) is 4.74. The Balaban J connectivity index is 1.82. The summed E-state index contributed by atoms with van der Waals surface area (Å²) in [5.74, 6) is 6.16. The van der Waals surface area contributed by atoms with Crippen molar-refractivity contribution >= 4 is 41.1 Å². The van der Waals surface area contributed by atoms with E-state index in [1.807, 2.05) is 36.4 Å². The van der Waals surface area contributed by atoms with Crippen molar-refractivity contribution in [2.24, 2.45) is 10.9 Å². The van der Waals surface area contributed by atoms with Crippen LogP contribution in [0.15, 0.2) is 47.6 Å². The molecular formula is C21H24N4OS2. The minimum atomic E-state index is 0.604. The molecule has 0 saturated carbocycles. The Morgan fingerprint density at radius 3 is 2.79 bits per heavy atom. The van der Waals surface area contributed by atoms with Crippen LogP contribution >= 0.6 is 24.0 Å². The van der Waals surface area contributed by atoms with Crippen molar-refractivity contribution in [3.63, 3.8) is 0 Å². The van der Waals surface area contributed by atoms with Gasteiger partial charge in [0.1, 0.15) is 9.68 Å². The molecule has 0 atom stereocenters. The third kappa shape index (κ3) is 5.11. The lowest BCUT2D eigenvalue weighted by Gasteiger charge is -2.12. The van der Waals surface area contributed by atoms with Crippen molar-refractivity contribution in [1.29, 1.82) is 0 Å². The fourth-order valence-corrected chi connectivity index (χ4v) is 4.42. The van der Waals surface area contributed by atoms with Crippen LogP contribution in [-0.4, -0.2) is 22.2 Å². The molecule has 1 aromatic heterocycles. The number of rotatable bonds is 6. The lowest BCUT2D eigenvalue weighted by molar-refractivity contribution is -0.108. The van der Waals surface area contributed by atoms with Gasteiger partial charge in [-0.05, 0) is 43.4 Å². The summed E-state index contributed by atoms with van der Waals surface area (Å²) in [6.45, 7) is 0. The number of nitrogens with zero attached hydrogens (tertiary/aromatic N) is 1. The van der Waals surface area contributed by atoms with Crippen molar-refractivity contribution in [2.75, 3.05) is 5.75 Å². The van der Waals surface area contributed by atoms with E-state index in [4.69, 9.17) is 18.1 Å². The van der Waals surface area contributed by atoms with Gasteiger partial charge in [-0.1, -0.05) is 60.7 Å². The maximum atomic E-state index is 11.2. The smallest absolute Gasteiger partial charge is 0.211 e. The molecule has 0 aliphatic heterocycles. The number of aromatic amines is 1. The number of carbonyl (C=O) groups is 1. The Hall–Kier alpha value is -2.38. The first-order valence-electron chi connectivity index (χ1n) is 9.35. The Bertz CT molecular complexity index is 935. The van der Waals surface area contributed by atoms with E-state index in [1.165, 1.54) is 42.3 Å². The van der Waals surface area contributed by atoms with Crippen LogP contribution in [0.1, 0.15) is 41.6 Å². The molecule has 1 aliphatic rings. The highest BCUT2D eigenvalue weighted by molar-refractivity contribution is 8.14. The molecule has 4 N–H and O–H groups in total. The van der Waals surface area contributed by atoms with Crippen LogP contribution in [0.25, 0.3) is 5.70 Å². The molecule has 0 radical (unpaired) electrons. The second kappa shape index (κ2) is 10.2. The molecule has 1 amide bonds. The van der Waals surface area contributed by atoms with Gasteiger partial charge in [-0.2, -0.15) is 5.10 Å². The lowest BCUT2D eigenvalue weighted by atomic mass is 10.0. The number of amides is 1. The largest absolute Gasteiger partial charge is 0.349 e.